The minimum Gasteiger partial charge on any atom is -0.494 e. The smallest absolute Gasteiger partial charge is 0.105 e. The van der Waals surface area contributed by atoms with Crippen LogP contribution in [0.25, 0.3) is 0 Å². The van der Waals surface area contributed by atoms with Crippen molar-refractivity contribution in [2.45, 2.75) is 51.9 Å². The van der Waals surface area contributed by atoms with Crippen molar-refractivity contribution in [3.8, 4) is 0 Å². The average molecular weight is 248 g/mol. The molecule has 0 saturated carbocycles. The third kappa shape index (κ3) is 10.0. The molecule has 3 nitrogen and oxygen atoms in total. The fourth-order valence-electron chi connectivity index (χ4n) is 1.08. The number of aliphatic hydroxyl groups is 1. The van der Waals surface area contributed by atoms with Gasteiger partial charge in [0.1, 0.15) is 11.8 Å². The normalized spacial score (nSPS) is 15.5. The number of rotatable bonds is 7. The number of aliphatic hydroxyl groups excluding tert-OH is 1. The van der Waals surface area contributed by atoms with Gasteiger partial charge < -0.3 is 15.6 Å². The first-order valence-corrected chi connectivity index (χ1v) is 5.80. The van der Waals surface area contributed by atoms with Crippen LogP contribution in [-0.4, -0.2) is 16.9 Å². The van der Waals surface area contributed by atoms with Crippen molar-refractivity contribution >= 4 is 11.6 Å². The Hall–Kier alpha value is -0.510. The Morgan fingerprint density at radius 1 is 1.50 bits per heavy atom. The van der Waals surface area contributed by atoms with Gasteiger partial charge in [0.2, 0.25) is 0 Å². The van der Waals surface area contributed by atoms with Crippen molar-refractivity contribution in [3.63, 3.8) is 0 Å². The zero-order chi connectivity index (χ0) is 12.6. The van der Waals surface area contributed by atoms with Gasteiger partial charge in [-0.05, 0) is 33.6 Å². The molecule has 0 aromatic rings. The van der Waals surface area contributed by atoms with E-state index in [0.717, 1.165) is 12.8 Å². The molecule has 94 valence electrons. The molecule has 0 amide bonds. The second-order valence-electron chi connectivity index (χ2n) is 4.40. The van der Waals surface area contributed by atoms with Crippen molar-refractivity contribution < 1.29 is 9.84 Å². The first-order valence-electron chi connectivity index (χ1n) is 5.42. The maximum atomic E-state index is 8.84. The lowest BCUT2D eigenvalue weighted by Gasteiger charge is -2.23. The third-order valence-corrected chi connectivity index (χ3v) is 2.09. The van der Waals surface area contributed by atoms with Gasteiger partial charge in [0.25, 0.3) is 0 Å². The van der Waals surface area contributed by atoms with E-state index >= 15 is 0 Å². The van der Waals surface area contributed by atoms with Crippen molar-refractivity contribution in [2.75, 3.05) is 0 Å². The number of hydrogen-bond donors (Lipinski definition) is 2. The van der Waals surface area contributed by atoms with E-state index in [2.05, 4.69) is 0 Å². The zero-order valence-electron chi connectivity index (χ0n) is 10.2. The van der Waals surface area contributed by atoms with Crippen LogP contribution in [0, 0.1) is 0 Å². The summed E-state index contributed by atoms with van der Waals surface area (Å²) >= 11 is 5.68. The maximum absolute atomic E-state index is 8.84. The van der Waals surface area contributed by atoms with E-state index in [0.29, 0.717) is 11.5 Å². The molecule has 4 heteroatoms. The van der Waals surface area contributed by atoms with Crippen LogP contribution in [-0.2, 0) is 4.74 Å². The van der Waals surface area contributed by atoms with Gasteiger partial charge in [0.15, 0.2) is 0 Å². The topological polar surface area (TPSA) is 55.5 Å². The fourth-order valence-corrected chi connectivity index (χ4v) is 1.13. The van der Waals surface area contributed by atoms with E-state index in [9.17, 15) is 0 Å². The lowest BCUT2D eigenvalue weighted by Crippen LogP contribution is -2.21. The van der Waals surface area contributed by atoms with Gasteiger partial charge in [-0.25, -0.2) is 0 Å². The fraction of sp³-hybridized carbons (Fsp3) is 0.667. The highest BCUT2D eigenvalue weighted by molar-refractivity contribution is 6.29. The van der Waals surface area contributed by atoms with E-state index in [1.54, 1.807) is 13.2 Å². The monoisotopic (exact) mass is 247 g/mol. The lowest BCUT2D eigenvalue weighted by atomic mass is 10.0. The van der Waals surface area contributed by atoms with Gasteiger partial charge >= 0.3 is 0 Å². The van der Waals surface area contributed by atoms with Crippen LogP contribution in [0.1, 0.15) is 40.0 Å². The number of ether oxygens (including phenoxy) is 1. The highest BCUT2D eigenvalue weighted by Crippen LogP contribution is 2.18. The quantitative estimate of drug-likeness (QED) is 0.413. The van der Waals surface area contributed by atoms with Crippen LogP contribution in [0.4, 0.5) is 0 Å². The SMILES string of the molecule is C/C(Cl)=C/OC(C)(C)CC/C=C/CC(N)O. The molecule has 0 bridgehead atoms. The molecular weight excluding hydrogens is 226 g/mol. The van der Waals surface area contributed by atoms with Crippen molar-refractivity contribution in [1.29, 1.82) is 0 Å². The molecule has 0 heterocycles. The molecule has 0 fully saturated rings. The van der Waals surface area contributed by atoms with Crippen LogP contribution in [0.2, 0.25) is 0 Å². The Morgan fingerprint density at radius 3 is 2.62 bits per heavy atom. The summed E-state index contributed by atoms with van der Waals surface area (Å²) in [7, 11) is 0. The van der Waals surface area contributed by atoms with Gasteiger partial charge in [-0.2, -0.15) is 0 Å². The molecule has 0 spiro atoms. The summed E-state index contributed by atoms with van der Waals surface area (Å²) < 4.78 is 5.52. The Kier molecular flexibility index (Phi) is 7.47. The zero-order valence-corrected chi connectivity index (χ0v) is 11.0. The summed E-state index contributed by atoms with van der Waals surface area (Å²) in [5.74, 6) is 0. The standard InChI is InChI=1S/C12H22ClNO2/c1-10(13)9-16-12(2,3)8-6-4-5-7-11(14)15/h4-5,9,11,15H,6-8,14H2,1-3H3/b5-4+,10-9-. The summed E-state index contributed by atoms with van der Waals surface area (Å²) in [5, 5.41) is 9.47. The van der Waals surface area contributed by atoms with Crippen LogP contribution in [0.15, 0.2) is 23.4 Å². The van der Waals surface area contributed by atoms with E-state index in [-0.39, 0.29) is 5.60 Å². The van der Waals surface area contributed by atoms with Crippen LogP contribution in [0.5, 0.6) is 0 Å². The first kappa shape index (κ1) is 15.5. The van der Waals surface area contributed by atoms with E-state index in [4.69, 9.17) is 27.2 Å². The minimum absolute atomic E-state index is 0.234. The lowest BCUT2D eigenvalue weighted by molar-refractivity contribution is 0.0497. The van der Waals surface area contributed by atoms with Crippen molar-refractivity contribution in [1.82, 2.24) is 0 Å². The molecule has 0 aliphatic heterocycles. The van der Waals surface area contributed by atoms with E-state index in [1.807, 2.05) is 26.0 Å². The second kappa shape index (κ2) is 7.71. The minimum atomic E-state index is -0.762. The molecule has 0 radical (unpaired) electrons. The molecule has 0 aromatic heterocycles. The number of halogens is 1. The molecule has 0 saturated heterocycles. The number of hydrogen-bond acceptors (Lipinski definition) is 3. The third-order valence-electron chi connectivity index (χ3n) is 2.00. The highest BCUT2D eigenvalue weighted by atomic mass is 35.5. The Balaban J connectivity index is 3.82. The van der Waals surface area contributed by atoms with Crippen LogP contribution in [0.3, 0.4) is 0 Å². The molecule has 3 N–H and O–H groups in total. The van der Waals surface area contributed by atoms with Crippen molar-refractivity contribution in [3.05, 3.63) is 23.4 Å². The molecule has 0 aliphatic rings. The van der Waals surface area contributed by atoms with Gasteiger partial charge in [0, 0.05) is 11.5 Å². The largest absolute Gasteiger partial charge is 0.494 e. The number of nitrogens with two attached hydrogens (primary N) is 1. The summed E-state index contributed by atoms with van der Waals surface area (Å²) in [6.45, 7) is 5.80. The summed E-state index contributed by atoms with van der Waals surface area (Å²) in [5.41, 5.74) is 4.96. The molecule has 0 aromatic carbocycles. The van der Waals surface area contributed by atoms with Crippen molar-refractivity contribution in [2.24, 2.45) is 5.73 Å². The Morgan fingerprint density at radius 2 is 2.12 bits per heavy atom. The van der Waals surface area contributed by atoms with Gasteiger partial charge in [0.05, 0.1) is 6.26 Å². The highest BCUT2D eigenvalue weighted by Gasteiger charge is 2.16. The van der Waals surface area contributed by atoms with Gasteiger partial charge in [-0.1, -0.05) is 23.8 Å². The molecule has 0 rings (SSSR count). The summed E-state index contributed by atoms with van der Waals surface area (Å²) in [6.07, 6.45) is 6.93. The Bertz CT molecular complexity index is 243. The van der Waals surface area contributed by atoms with Crippen LogP contribution >= 0.6 is 11.6 Å². The summed E-state index contributed by atoms with van der Waals surface area (Å²) in [6, 6.07) is 0. The van der Waals surface area contributed by atoms with Gasteiger partial charge in [-0.3, -0.25) is 0 Å². The molecule has 1 atom stereocenters. The average Bonchev–Trinajstić information content (AvgIpc) is 2.14. The maximum Gasteiger partial charge on any atom is 0.105 e. The first-order chi connectivity index (χ1) is 7.33. The molecule has 0 aliphatic carbocycles. The molecule has 16 heavy (non-hydrogen) atoms. The molecular formula is C12H22ClNO2. The molecule has 1 unspecified atom stereocenters. The van der Waals surface area contributed by atoms with E-state index < -0.39 is 6.23 Å². The second-order valence-corrected chi connectivity index (χ2v) is 4.99. The Labute approximate surface area is 103 Å². The number of allylic oxidation sites excluding steroid dienone is 2. The van der Waals surface area contributed by atoms with Crippen LogP contribution < -0.4 is 5.73 Å². The van der Waals surface area contributed by atoms with E-state index in [1.165, 1.54) is 0 Å². The summed E-state index contributed by atoms with van der Waals surface area (Å²) in [4.78, 5) is 0. The predicted octanol–water partition coefficient (Wildman–Crippen LogP) is 2.89. The van der Waals surface area contributed by atoms with Gasteiger partial charge in [-0.15, -0.1) is 0 Å². The predicted molar refractivity (Wildman–Crippen MR) is 68.0 cm³/mol.